The van der Waals surface area contributed by atoms with E-state index in [0.717, 1.165) is 22.2 Å². The van der Waals surface area contributed by atoms with Gasteiger partial charge in [0.25, 0.3) is 5.91 Å². The van der Waals surface area contributed by atoms with E-state index in [1.807, 2.05) is 18.2 Å². The predicted molar refractivity (Wildman–Crippen MR) is 126 cm³/mol. The molecule has 1 saturated heterocycles. The van der Waals surface area contributed by atoms with Crippen LogP contribution in [0.4, 0.5) is 0 Å². The quantitative estimate of drug-likeness (QED) is 0.387. The van der Waals surface area contributed by atoms with Gasteiger partial charge in [-0.2, -0.15) is 0 Å². The van der Waals surface area contributed by atoms with Gasteiger partial charge < -0.3 is 19.4 Å². The van der Waals surface area contributed by atoms with Crippen LogP contribution in [0.1, 0.15) is 18.1 Å². The molecule has 2 aromatic carbocycles. The van der Waals surface area contributed by atoms with Gasteiger partial charge in [-0.3, -0.25) is 9.69 Å². The van der Waals surface area contributed by atoms with Gasteiger partial charge in [-0.05, 0) is 52.7 Å². The number of hydrogen-bond acceptors (Lipinski definition) is 7. The minimum Gasteiger partial charge on any atom is -0.548 e. The number of thiocarbonyl (C=S) groups is 1. The molecule has 1 unspecified atom stereocenters. The van der Waals surface area contributed by atoms with Crippen LogP contribution in [-0.2, 0) is 16.2 Å². The van der Waals surface area contributed by atoms with E-state index >= 15 is 0 Å². The second-order valence-electron chi connectivity index (χ2n) is 6.46. The molecule has 1 heterocycles. The number of carbonyl (C=O) groups excluding carboxylic acids is 2. The van der Waals surface area contributed by atoms with Gasteiger partial charge in [0.05, 0.1) is 28.5 Å². The molecule has 10 heteroatoms. The van der Waals surface area contributed by atoms with E-state index < -0.39 is 17.9 Å². The van der Waals surface area contributed by atoms with Gasteiger partial charge in [0.15, 0.2) is 11.5 Å². The molecular weight excluding hydrogens is 526 g/mol. The smallest absolute Gasteiger partial charge is 0.266 e. The molecule has 0 N–H and O–H groups in total. The summed E-state index contributed by atoms with van der Waals surface area (Å²) in [6.45, 7) is 1.60. The average molecular weight is 542 g/mol. The minimum absolute atomic E-state index is 0.165. The fourth-order valence-corrected chi connectivity index (χ4v) is 4.98. The number of nitrogens with zero attached hydrogens (tertiary/aromatic N) is 1. The van der Waals surface area contributed by atoms with Crippen molar-refractivity contribution in [3.05, 3.63) is 61.9 Å². The third kappa shape index (κ3) is 5.23. The Hall–Kier alpha value is -2.07. The minimum atomic E-state index is -1.37. The number of amides is 1. The molecule has 1 aliphatic rings. The molecule has 0 aliphatic carbocycles. The maximum atomic E-state index is 12.6. The molecule has 6 nitrogen and oxygen atoms in total. The maximum Gasteiger partial charge on any atom is 0.266 e. The van der Waals surface area contributed by atoms with Crippen molar-refractivity contribution >= 4 is 73.8 Å². The first kappa shape index (κ1) is 23.6. The van der Waals surface area contributed by atoms with Gasteiger partial charge in [0.2, 0.25) is 0 Å². The van der Waals surface area contributed by atoms with Crippen LogP contribution in [0.2, 0.25) is 5.02 Å². The lowest BCUT2D eigenvalue weighted by molar-refractivity contribution is -0.309. The summed E-state index contributed by atoms with van der Waals surface area (Å²) in [4.78, 5) is 25.1. The topological polar surface area (TPSA) is 78.9 Å². The molecule has 0 bridgehead atoms. The van der Waals surface area contributed by atoms with Crippen molar-refractivity contribution in [2.75, 3.05) is 7.11 Å². The van der Waals surface area contributed by atoms with Crippen molar-refractivity contribution in [1.29, 1.82) is 0 Å². The Labute approximate surface area is 202 Å². The van der Waals surface area contributed by atoms with Crippen molar-refractivity contribution in [2.24, 2.45) is 0 Å². The lowest BCUT2D eigenvalue weighted by Crippen LogP contribution is -2.48. The number of methoxy groups -OCH3 is 1. The fourth-order valence-electron chi connectivity index (χ4n) is 2.80. The van der Waals surface area contributed by atoms with Gasteiger partial charge in [-0.15, -0.1) is 0 Å². The first-order valence-corrected chi connectivity index (χ1v) is 11.3. The van der Waals surface area contributed by atoms with Crippen LogP contribution in [0.3, 0.4) is 0 Å². The molecule has 162 valence electrons. The molecule has 1 aliphatic heterocycles. The average Bonchev–Trinajstić information content (AvgIpc) is 3.00. The van der Waals surface area contributed by atoms with Crippen LogP contribution < -0.4 is 14.6 Å². The molecule has 0 radical (unpaired) electrons. The summed E-state index contributed by atoms with van der Waals surface area (Å²) in [6, 6.07) is 9.69. The second kappa shape index (κ2) is 10.0. The van der Waals surface area contributed by atoms with E-state index in [9.17, 15) is 14.7 Å². The van der Waals surface area contributed by atoms with E-state index in [1.54, 1.807) is 24.3 Å². The summed E-state index contributed by atoms with van der Waals surface area (Å²) in [7, 11) is 1.51. The molecule has 1 fully saturated rings. The summed E-state index contributed by atoms with van der Waals surface area (Å²) >= 11 is 15.9. The van der Waals surface area contributed by atoms with Crippen molar-refractivity contribution in [3.8, 4) is 11.5 Å². The lowest BCUT2D eigenvalue weighted by atomic mass is 10.1. The Balaban J connectivity index is 1.86. The SMILES string of the molecule is COc1cc(C=C2SC(=S)N(C(C)C(=O)[O-])C2=O)cc(Br)c1OCc1ccccc1Cl. The monoisotopic (exact) mass is 540 g/mol. The molecule has 2 aromatic rings. The first-order chi connectivity index (χ1) is 14.7. The highest BCUT2D eigenvalue weighted by molar-refractivity contribution is 9.10. The molecular formula is C21H16BrClNO5S2-. The number of carbonyl (C=O) groups is 2. The molecule has 0 aromatic heterocycles. The predicted octanol–water partition coefficient (Wildman–Crippen LogP) is 4.03. The van der Waals surface area contributed by atoms with E-state index in [4.69, 9.17) is 33.3 Å². The number of carboxylic acid groups (broad SMARTS) is 1. The summed E-state index contributed by atoms with van der Waals surface area (Å²) in [5.41, 5.74) is 1.48. The van der Waals surface area contributed by atoms with Gasteiger partial charge >= 0.3 is 0 Å². The van der Waals surface area contributed by atoms with Crippen molar-refractivity contribution < 1.29 is 24.2 Å². The Morgan fingerprint density at radius 2 is 2.10 bits per heavy atom. The lowest BCUT2D eigenvalue weighted by Gasteiger charge is -2.23. The normalized spacial score (nSPS) is 16.0. The van der Waals surface area contributed by atoms with Gasteiger partial charge in [-0.1, -0.05) is 53.8 Å². The fraction of sp³-hybridized carbons (Fsp3) is 0.190. The molecule has 1 atom stereocenters. The number of aliphatic carboxylic acids is 1. The molecule has 0 saturated carbocycles. The van der Waals surface area contributed by atoms with E-state index in [2.05, 4.69) is 15.9 Å². The molecule has 31 heavy (non-hydrogen) atoms. The first-order valence-electron chi connectivity index (χ1n) is 8.94. The van der Waals surface area contributed by atoms with Gasteiger partial charge in [0.1, 0.15) is 10.9 Å². The Morgan fingerprint density at radius 3 is 2.74 bits per heavy atom. The summed E-state index contributed by atoms with van der Waals surface area (Å²) < 4.78 is 12.2. The zero-order valence-corrected chi connectivity index (χ0v) is 20.4. The molecule has 0 spiro atoms. The van der Waals surface area contributed by atoms with E-state index in [1.165, 1.54) is 14.0 Å². The highest BCUT2D eigenvalue weighted by Gasteiger charge is 2.35. The number of hydrogen-bond donors (Lipinski definition) is 0. The summed E-state index contributed by atoms with van der Waals surface area (Å²) in [6.07, 6.45) is 1.62. The highest BCUT2D eigenvalue weighted by Crippen LogP contribution is 2.40. The summed E-state index contributed by atoms with van der Waals surface area (Å²) in [5, 5.41) is 11.8. The third-order valence-electron chi connectivity index (χ3n) is 4.43. The number of benzene rings is 2. The van der Waals surface area contributed by atoms with Crippen molar-refractivity contribution in [2.45, 2.75) is 19.6 Å². The number of ether oxygens (including phenoxy) is 2. The van der Waals surface area contributed by atoms with Crippen LogP contribution in [0.5, 0.6) is 11.5 Å². The number of carboxylic acids is 1. The Kier molecular flexibility index (Phi) is 7.64. The van der Waals surface area contributed by atoms with E-state index in [0.29, 0.717) is 31.5 Å². The van der Waals surface area contributed by atoms with Crippen LogP contribution >= 0.6 is 51.5 Å². The number of rotatable bonds is 7. The number of thioether (sulfide) groups is 1. The van der Waals surface area contributed by atoms with Crippen LogP contribution in [0.25, 0.3) is 6.08 Å². The van der Waals surface area contributed by atoms with Gasteiger partial charge in [-0.25, -0.2) is 0 Å². The Morgan fingerprint density at radius 1 is 1.39 bits per heavy atom. The standard InChI is InChI=1S/C21H17BrClNO5S2/c1-11(20(26)27)24-19(25)17(31-21(24)30)9-12-7-14(22)18(16(8-12)28-2)29-10-13-5-3-4-6-15(13)23/h3-9,11H,10H2,1-2H3,(H,26,27)/p-1. The second-order valence-corrected chi connectivity index (χ2v) is 9.40. The zero-order chi connectivity index (χ0) is 22.7. The van der Waals surface area contributed by atoms with Crippen molar-refractivity contribution in [3.63, 3.8) is 0 Å². The number of halogens is 2. The Bertz CT molecular complexity index is 1090. The van der Waals surface area contributed by atoms with Crippen LogP contribution in [0.15, 0.2) is 45.8 Å². The largest absolute Gasteiger partial charge is 0.548 e. The van der Waals surface area contributed by atoms with Crippen LogP contribution in [-0.4, -0.2) is 34.2 Å². The molecule has 3 rings (SSSR count). The highest BCUT2D eigenvalue weighted by atomic mass is 79.9. The van der Waals surface area contributed by atoms with Gasteiger partial charge in [0, 0.05) is 10.6 Å². The van der Waals surface area contributed by atoms with E-state index in [-0.39, 0.29) is 10.9 Å². The maximum absolute atomic E-state index is 12.6. The van der Waals surface area contributed by atoms with Crippen LogP contribution in [0, 0.1) is 0 Å². The molecule has 1 amide bonds. The zero-order valence-electron chi connectivity index (χ0n) is 16.4. The summed E-state index contributed by atoms with van der Waals surface area (Å²) in [5.74, 6) is -0.924. The van der Waals surface area contributed by atoms with Crippen molar-refractivity contribution in [1.82, 2.24) is 4.90 Å². The third-order valence-corrected chi connectivity index (χ3v) is 6.72.